The van der Waals surface area contributed by atoms with Crippen LogP contribution in [0.3, 0.4) is 0 Å². The maximum Gasteiger partial charge on any atom is 0.183 e. The summed E-state index contributed by atoms with van der Waals surface area (Å²) in [6.07, 6.45) is 0. The highest BCUT2D eigenvalue weighted by Gasteiger charge is 2.15. The van der Waals surface area contributed by atoms with Crippen molar-refractivity contribution < 1.29 is 9.36 Å². The minimum atomic E-state index is -2.71. The van der Waals surface area contributed by atoms with Gasteiger partial charge in [-0.1, -0.05) is 91.0 Å². The first-order valence-electron chi connectivity index (χ1n) is 7.33. The maximum atomic E-state index is 11.4. The molecule has 0 heterocycles. The van der Waals surface area contributed by atoms with Gasteiger partial charge in [0.2, 0.25) is 0 Å². The zero-order valence-electron chi connectivity index (χ0n) is 13.0. The standard InChI is InChI=1S/C12H10.C8H9O2P/c1-3-7-11(8-4-1)12-9-5-2-6-10-12;1-11(10,7-9)8-5-3-2-4-6-8/h1-10H;2-7H,1H3. The van der Waals surface area contributed by atoms with Crippen molar-refractivity contribution in [3.8, 4) is 11.1 Å². The zero-order valence-corrected chi connectivity index (χ0v) is 13.9. The Morgan fingerprint density at radius 3 is 1.35 bits per heavy atom. The molecule has 3 aromatic rings. The number of carbonyl (C=O) groups is 1. The molecule has 1 unspecified atom stereocenters. The molecule has 2 nitrogen and oxygen atoms in total. The number of benzene rings is 3. The van der Waals surface area contributed by atoms with E-state index >= 15 is 0 Å². The van der Waals surface area contributed by atoms with Crippen molar-refractivity contribution >= 4 is 18.5 Å². The summed E-state index contributed by atoms with van der Waals surface area (Å²) in [4.78, 5) is 10.4. The molecular weight excluding hydrogens is 303 g/mol. The summed E-state index contributed by atoms with van der Waals surface area (Å²) in [6.45, 7) is 1.47. The van der Waals surface area contributed by atoms with Gasteiger partial charge in [0.05, 0.1) is 0 Å². The van der Waals surface area contributed by atoms with Crippen molar-refractivity contribution in [2.45, 2.75) is 0 Å². The highest BCUT2D eigenvalue weighted by molar-refractivity contribution is 7.84. The lowest BCUT2D eigenvalue weighted by Crippen LogP contribution is -2.02. The van der Waals surface area contributed by atoms with E-state index in [0.29, 0.717) is 11.3 Å². The van der Waals surface area contributed by atoms with E-state index in [1.54, 1.807) is 24.3 Å². The van der Waals surface area contributed by atoms with E-state index < -0.39 is 7.14 Å². The predicted molar refractivity (Wildman–Crippen MR) is 98.2 cm³/mol. The second-order valence-corrected chi connectivity index (χ2v) is 7.87. The molecule has 0 aromatic heterocycles. The molecule has 0 aliphatic rings. The summed E-state index contributed by atoms with van der Waals surface area (Å²) in [5.74, 6) is 0. The lowest BCUT2D eigenvalue weighted by Gasteiger charge is -2.02. The molecule has 0 aliphatic heterocycles. The molecule has 0 amide bonds. The average molecular weight is 322 g/mol. The molecule has 0 spiro atoms. The van der Waals surface area contributed by atoms with Gasteiger partial charge in [0.25, 0.3) is 0 Å². The SMILES string of the molecule is CP(=O)(C=O)c1ccccc1.c1ccc(-c2ccccc2)cc1. The van der Waals surface area contributed by atoms with Gasteiger partial charge in [-0.3, -0.25) is 4.79 Å². The Labute approximate surface area is 137 Å². The first-order valence-corrected chi connectivity index (χ1v) is 9.55. The van der Waals surface area contributed by atoms with Crippen molar-refractivity contribution in [2.24, 2.45) is 0 Å². The van der Waals surface area contributed by atoms with Crippen LogP contribution in [0.4, 0.5) is 0 Å². The minimum Gasteiger partial charge on any atom is -0.311 e. The minimum absolute atomic E-state index is 0.530. The smallest absolute Gasteiger partial charge is 0.183 e. The summed E-state index contributed by atoms with van der Waals surface area (Å²) in [5.41, 5.74) is 2.55. The number of carbonyl (C=O) groups excluding carboxylic acids is 1. The van der Waals surface area contributed by atoms with E-state index in [1.807, 2.05) is 18.2 Å². The lowest BCUT2D eigenvalue weighted by molar-refractivity contribution is 0.557. The third-order valence-electron chi connectivity index (χ3n) is 3.35. The summed E-state index contributed by atoms with van der Waals surface area (Å²) in [6, 6.07) is 30.1. The van der Waals surface area contributed by atoms with E-state index in [9.17, 15) is 9.36 Å². The van der Waals surface area contributed by atoms with E-state index in [1.165, 1.54) is 17.8 Å². The maximum absolute atomic E-state index is 11.4. The largest absolute Gasteiger partial charge is 0.311 e. The lowest BCUT2D eigenvalue weighted by atomic mass is 10.1. The quantitative estimate of drug-likeness (QED) is 0.510. The van der Waals surface area contributed by atoms with E-state index in [2.05, 4.69) is 48.5 Å². The molecule has 0 aliphatic carbocycles. The molecule has 0 saturated heterocycles. The first-order chi connectivity index (χ1) is 11.1. The molecule has 0 fully saturated rings. The fraction of sp³-hybridized carbons (Fsp3) is 0.0500. The number of rotatable bonds is 3. The summed E-state index contributed by atoms with van der Waals surface area (Å²) >= 11 is 0. The van der Waals surface area contributed by atoms with Gasteiger partial charge in [-0.2, -0.15) is 0 Å². The Morgan fingerprint density at radius 1 is 0.652 bits per heavy atom. The molecule has 116 valence electrons. The predicted octanol–water partition coefficient (Wildman–Crippen LogP) is 4.85. The van der Waals surface area contributed by atoms with Crippen LogP contribution in [0.1, 0.15) is 0 Å². The van der Waals surface area contributed by atoms with E-state index in [-0.39, 0.29) is 0 Å². The van der Waals surface area contributed by atoms with Gasteiger partial charge in [0, 0.05) is 5.30 Å². The highest BCUT2D eigenvalue weighted by atomic mass is 31.2. The molecule has 23 heavy (non-hydrogen) atoms. The van der Waals surface area contributed by atoms with Crippen LogP contribution >= 0.6 is 7.14 Å². The van der Waals surface area contributed by atoms with Crippen LogP contribution < -0.4 is 5.30 Å². The number of hydrogen-bond acceptors (Lipinski definition) is 2. The molecule has 3 heteroatoms. The fourth-order valence-electron chi connectivity index (χ4n) is 2.05. The average Bonchev–Trinajstić information content (AvgIpc) is 2.64. The zero-order chi connectivity index (χ0) is 16.5. The van der Waals surface area contributed by atoms with Gasteiger partial charge < -0.3 is 4.57 Å². The second kappa shape index (κ2) is 8.26. The molecular formula is C20H19O2P. The molecule has 0 N–H and O–H groups in total. The van der Waals surface area contributed by atoms with E-state index in [4.69, 9.17) is 0 Å². The highest BCUT2D eigenvalue weighted by Crippen LogP contribution is 2.35. The van der Waals surface area contributed by atoms with E-state index in [0.717, 1.165) is 0 Å². The Bertz CT molecular complexity index is 731. The summed E-state index contributed by atoms with van der Waals surface area (Å²) < 4.78 is 11.4. The Hall–Kier alpha value is -2.44. The van der Waals surface area contributed by atoms with Gasteiger partial charge >= 0.3 is 0 Å². The normalized spacial score (nSPS) is 12.4. The van der Waals surface area contributed by atoms with Crippen LogP contribution in [-0.4, -0.2) is 12.7 Å². The number of hydrogen-bond donors (Lipinski definition) is 0. The van der Waals surface area contributed by atoms with Gasteiger partial charge in [-0.05, 0) is 17.8 Å². The van der Waals surface area contributed by atoms with Crippen LogP contribution in [0.15, 0.2) is 91.0 Å². The van der Waals surface area contributed by atoms with Crippen LogP contribution in [-0.2, 0) is 9.36 Å². The molecule has 1 atom stereocenters. The van der Waals surface area contributed by atoms with Crippen molar-refractivity contribution in [1.29, 1.82) is 0 Å². The first kappa shape index (κ1) is 16.9. The third kappa shape index (κ3) is 5.05. The van der Waals surface area contributed by atoms with Gasteiger partial charge in [-0.25, -0.2) is 0 Å². The topological polar surface area (TPSA) is 34.1 Å². The Balaban J connectivity index is 0.000000168. The van der Waals surface area contributed by atoms with Gasteiger partial charge in [0.15, 0.2) is 13.2 Å². The fourth-order valence-corrected chi connectivity index (χ4v) is 2.93. The second-order valence-electron chi connectivity index (χ2n) is 5.16. The van der Waals surface area contributed by atoms with Gasteiger partial charge in [0.1, 0.15) is 0 Å². The molecule has 0 bridgehead atoms. The molecule has 0 saturated carbocycles. The van der Waals surface area contributed by atoms with Crippen LogP contribution in [0.25, 0.3) is 11.1 Å². The molecule has 3 rings (SSSR count). The van der Waals surface area contributed by atoms with Crippen LogP contribution in [0.2, 0.25) is 0 Å². The molecule has 3 aromatic carbocycles. The van der Waals surface area contributed by atoms with Crippen molar-refractivity contribution in [3.05, 3.63) is 91.0 Å². The van der Waals surface area contributed by atoms with Crippen LogP contribution in [0.5, 0.6) is 0 Å². The van der Waals surface area contributed by atoms with Crippen molar-refractivity contribution in [2.75, 3.05) is 6.66 Å². The Morgan fingerprint density at radius 2 is 1.00 bits per heavy atom. The van der Waals surface area contributed by atoms with Gasteiger partial charge in [-0.15, -0.1) is 0 Å². The Kier molecular flexibility index (Phi) is 6.08. The van der Waals surface area contributed by atoms with Crippen molar-refractivity contribution in [3.63, 3.8) is 0 Å². The molecule has 0 radical (unpaired) electrons. The third-order valence-corrected chi connectivity index (χ3v) is 5.08. The van der Waals surface area contributed by atoms with Crippen LogP contribution in [0, 0.1) is 0 Å². The summed E-state index contributed by atoms with van der Waals surface area (Å²) in [7, 11) is -2.71. The van der Waals surface area contributed by atoms with Crippen molar-refractivity contribution in [1.82, 2.24) is 0 Å². The monoisotopic (exact) mass is 322 g/mol. The summed E-state index contributed by atoms with van der Waals surface area (Å²) in [5, 5.41) is 0.620.